The molecule has 0 spiro atoms. The number of aromatic nitrogens is 1. The normalized spacial score (nSPS) is 11.5. The van der Waals surface area contributed by atoms with Gasteiger partial charge in [0.05, 0.1) is 6.20 Å². The summed E-state index contributed by atoms with van der Waals surface area (Å²) in [5, 5.41) is 0. The molecule has 0 aliphatic carbocycles. The van der Waals surface area contributed by atoms with Gasteiger partial charge >= 0.3 is 5.51 Å². The molecular formula is C6H3F3NS. The van der Waals surface area contributed by atoms with Gasteiger partial charge in [0.1, 0.15) is 0 Å². The molecule has 0 aliphatic rings. The predicted molar refractivity (Wildman–Crippen MR) is 35.0 cm³/mol. The summed E-state index contributed by atoms with van der Waals surface area (Å²) in [6, 6.07) is 2.65. The highest BCUT2D eigenvalue weighted by Gasteiger charge is 2.28. The quantitative estimate of drug-likeness (QED) is 0.613. The lowest BCUT2D eigenvalue weighted by Gasteiger charge is -2.02. The highest BCUT2D eigenvalue weighted by atomic mass is 32.2. The van der Waals surface area contributed by atoms with Crippen LogP contribution in [0.25, 0.3) is 0 Å². The van der Waals surface area contributed by atoms with Crippen molar-refractivity contribution in [3.63, 3.8) is 0 Å². The summed E-state index contributed by atoms with van der Waals surface area (Å²) in [5.74, 6) is 0. The van der Waals surface area contributed by atoms with Gasteiger partial charge in [-0.1, -0.05) is 0 Å². The Bertz CT molecular complexity index is 221. The SMILES string of the molecule is FC(F)(F)Sc1cc[c]nc1. The number of halogens is 3. The smallest absolute Gasteiger partial charge is 0.253 e. The van der Waals surface area contributed by atoms with Crippen LogP contribution >= 0.6 is 11.8 Å². The van der Waals surface area contributed by atoms with E-state index in [4.69, 9.17) is 0 Å². The van der Waals surface area contributed by atoms with E-state index in [0.717, 1.165) is 6.20 Å². The lowest BCUT2D eigenvalue weighted by atomic mass is 10.5. The Morgan fingerprint density at radius 3 is 2.64 bits per heavy atom. The maximum absolute atomic E-state index is 11.7. The fraction of sp³-hybridized carbons (Fsp3) is 0.167. The van der Waals surface area contributed by atoms with E-state index >= 15 is 0 Å². The van der Waals surface area contributed by atoms with Crippen molar-refractivity contribution in [2.75, 3.05) is 0 Å². The first-order chi connectivity index (χ1) is 5.08. The number of hydrogen-bond donors (Lipinski definition) is 0. The van der Waals surface area contributed by atoms with E-state index in [-0.39, 0.29) is 16.7 Å². The van der Waals surface area contributed by atoms with E-state index in [1.54, 1.807) is 0 Å². The second-order valence-electron chi connectivity index (χ2n) is 1.67. The van der Waals surface area contributed by atoms with Gasteiger partial charge in [0.2, 0.25) is 0 Å². The summed E-state index contributed by atoms with van der Waals surface area (Å²) in [7, 11) is 0. The number of thioether (sulfide) groups is 1. The van der Waals surface area contributed by atoms with Crippen molar-refractivity contribution < 1.29 is 13.2 Å². The number of hydrogen-bond acceptors (Lipinski definition) is 2. The van der Waals surface area contributed by atoms with Crippen LogP contribution in [0.1, 0.15) is 0 Å². The van der Waals surface area contributed by atoms with Crippen LogP contribution in [-0.2, 0) is 0 Å². The Hall–Kier alpha value is -0.710. The maximum Gasteiger partial charge on any atom is 0.446 e. The topological polar surface area (TPSA) is 12.9 Å². The molecule has 11 heavy (non-hydrogen) atoms. The van der Waals surface area contributed by atoms with Crippen molar-refractivity contribution in [1.29, 1.82) is 0 Å². The van der Waals surface area contributed by atoms with Gasteiger partial charge in [-0.15, -0.1) is 0 Å². The number of pyridine rings is 1. The fourth-order valence-corrected chi connectivity index (χ4v) is 1.01. The number of alkyl halides is 3. The molecule has 0 aromatic carbocycles. The second kappa shape index (κ2) is 3.13. The fourth-order valence-electron chi connectivity index (χ4n) is 0.500. The molecule has 0 fully saturated rings. The molecule has 0 saturated heterocycles. The average Bonchev–Trinajstić information content (AvgIpc) is 1.85. The molecule has 0 saturated carbocycles. The molecule has 0 bridgehead atoms. The molecule has 0 aliphatic heterocycles. The van der Waals surface area contributed by atoms with Crippen LogP contribution in [0, 0.1) is 6.20 Å². The van der Waals surface area contributed by atoms with Crippen molar-refractivity contribution in [2.24, 2.45) is 0 Å². The van der Waals surface area contributed by atoms with Crippen molar-refractivity contribution >= 4 is 11.8 Å². The molecule has 1 nitrogen and oxygen atoms in total. The minimum absolute atomic E-state index is 0.0799. The second-order valence-corrected chi connectivity index (χ2v) is 2.81. The first-order valence-electron chi connectivity index (χ1n) is 2.66. The van der Waals surface area contributed by atoms with Crippen molar-refractivity contribution in [3.05, 3.63) is 24.5 Å². The molecule has 1 aromatic heterocycles. The summed E-state index contributed by atoms with van der Waals surface area (Å²) in [6.45, 7) is 0. The van der Waals surface area contributed by atoms with Gasteiger partial charge in [0, 0.05) is 11.1 Å². The third kappa shape index (κ3) is 3.27. The molecule has 1 heterocycles. The van der Waals surface area contributed by atoms with E-state index in [0.29, 0.717) is 0 Å². The van der Waals surface area contributed by atoms with Crippen LogP contribution in [0.15, 0.2) is 23.2 Å². The predicted octanol–water partition coefficient (Wildman–Crippen LogP) is 2.49. The third-order valence-corrected chi connectivity index (χ3v) is 1.53. The van der Waals surface area contributed by atoms with Crippen LogP contribution in [0.5, 0.6) is 0 Å². The van der Waals surface area contributed by atoms with Gasteiger partial charge < -0.3 is 0 Å². The van der Waals surface area contributed by atoms with Gasteiger partial charge in [-0.3, -0.25) is 4.98 Å². The summed E-state index contributed by atoms with van der Waals surface area (Å²) in [5.41, 5.74) is -4.23. The highest BCUT2D eigenvalue weighted by Crippen LogP contribution is 2.35. The van der Waals surface area contributed by atoms with Crippen molar-refractivity contribution in [1.82, 2.24) is 4.98 Å². The van der Waals surface area contributed by atoms with E-state index in [1.165, 1.54) is 12.1 Å². The molecule has 0 amide bonds. The lowest BCUT2D eigenvalue weighted by Crippen LogP contribution is -1.98. The Morgan fingerprint density at radius 1 is 1.45 bits per heavy atom. The van der Waals surface area contributed by atoms with Gasteiger partial charge in [-0.05, 0) is 23.9 Å². The highest BCUT2D eigenvalue weighted by molar-refractivity contribution is 8.00. The van der Waals surface area contributed by atoms with Crippen LogP contribution in [0.4, 0.5) is 13.2 Å². The molecule has 5 heteroatoms. The standard InChI is InChI=1S/C6H3F3NS/c7-6(8,9)11-5-2-1-3-10-4-5/h1-2,4H. The zero-order chi connectivity index (χ0) is 8.32. The first-order valence-corrected chi connectivity index (χ1v) is 3.47. The zero-order valence-corrected chi connectivity index (χ0v) is 6.04. The molecule has 0 atom stereocenters. The van der Waals surface area contributed by atoms with Gasteiger partial charge in [0.15, 0.2) is 0 Å². The van der Waals surface area contributed by atoms with Crippen LogP contribution in [-0.4, -0.2) is 10.5 Å². The Balaban J connectivity index is 2.66. The van der Waals surface area contributed by atoms with Gasteiger partial charge in [-0.2, -0.15) is 13.2 Å². The Labute approximate surface area is 65.6 Å². The molecule has 1 rings (SSSR count). The van der Waals surface area contributed by atoms with Gasteiger partial charge in [0.25, 0.3) is 0 Å². The summed E-state index contributed by atoms with van der Waals surface area (Å²) in [6.07, 6.45) is 3.51. The molecule has 1 radical (unpaired) electrons. The van der Waals surface area contributed by atoms with E-state index in [1.807, 2.05) is 0 Å². The zero-order valence-electron chi connectivity index (χ0n) is 5.22. The van der Waals surface area contributed by atoms with E-state index < -0.39 is 5.51 Å². The molecular weight excluding hydrogens is 175 g/mol. The molecule has 1 aromatic rings. The minimum Gasteiger partial charge on any atom is -0.253 e. The average molecular weight is 178 g/mol. The number of nitrogens with zero attached hydrogens (tertiary/aromatic N) is 1. The Kier molecular flexibility index (Phi) is 2.38. The van der Waals surface area contributed by atoms with Crippen LogP contribution in [0.3, 0.4) is 0 Å². The van der Waals surface area contributed by atoms with Crippen molar-refractivity contribution in [2.45, 2.75) is 10.4 Å². The largest absolute Gasteiger partial charge is 0.446 e. The van der Waals surface area contributed by atoms with Crippen LogP contribution in [0.2, 0.25) is 0 Å². The Morgan fingerprint density at radius 2 is 2.18 bits per heavy atom. The summed E-state index contributed by atoms with van der Waals surface area (Å²) >= 11 is -0.182. The third-order valence-electron chi connectivity index (χ3n) is 0.822. The molecule has 0 unspecified atom stereocenters. The van der Waals surface area contributed by atoms with E-state index in [2.05, 4.69) is 11.2 Å². The molecule has 59 valence electrons. The first kappa shape index (κ1) is 8.39. The van der Waals surface area contributed by atoms with Crippen LogP contribution < -0.4 is 0 Å². The maximum atomic E-state index is 11.7. The summed E-state index contributed by atoms with van der Waals surface area (Å²) < 4.78 is 35.0. The minimum atomic E-state index is -4.23. The van der Waals surface area contributed by atoms with Crippen molar-refractivity contribution in [3.8, 4) is 0 Å². The van der Waals surface area contributed by atoms with E-state index in [9.17, 15) is 13.2 Å². The van der Waals surface area contributed by atoms with Gasteiger partial charge in [-0.25, -0.2) is 0 Å². The molecule has 0 N–H and O–H groups in total. The number of rotatable bonds is 1. The monoisotopic (exact) mass is 178 g/mol. The summed E-state index contributed by atoms with van der Waals surface area (Å²) in [4.78, 5) is 3.50. The lowest BCUT2D eigenvalue weighted by molar-refractivity contribution is -0.0328.